The molecule has 0 fully saturated rings. The lowest BCUT2D eigenvalue weighted by Crippen LogP contribution is -1.88. The molecule has 0 saturated carbocycles. The molecule has 0 unspecified atom stereocenters. The van der Waals surface area contributed by atoms with Gasteiger partial charge < -0.3 is 4.74 Å². The van der Waals surface area contributed by atoms with Crippen molar-refractivity contribution in [2.24, 2.45) is 0 Å². The first-order valence-electron chi connectivity index (χ1n) is 8.17. The monoisotopic (exact) mass is 282 g/mol. The van der Waals surface area contributed by atoms with Crippen molar-refractivity contribution in [3.8, 4) is 11.5 Å². The van der Waals surface area contributed by atoms with Crippen LogP contribution in [0.3, 0.4) is 0 Å². The molecule has 112 valence electrons. The molecule has 1 nitrogen and oxygen atoms in total. The highest BCUT2D eigenvalue weighted by atomic mass is 16.5. The number of benzene rings is 2. The van der Waals surface area contributed by atoms with Crippen molar-refractivity contribution >= 4 is 0 Å². The van der Waals surface area contributed by atoms with E-state index in [1.54, 1.807) is 0 Å². The summed E-state index contributed by atoms with van der Waals surface area (Å²) in [5.74, 6) is 1.83. The van der Waals surface area contributed by atoms with E-state index >= 15 is 0 Å². The zero-order chi connectivity index (χ0) is 14.9. The van der Waals surface area contributed by atoms with Crippen LogP contribution in [0.15, 0.2) is 48.5 Å². The van der Waals surface area contributed by atoms with Gasteiger partial charge in [-0.2, -0.15) is 0 Å². The summed E-state index contributed by atoms with van der Waals surface area (Å²) in [5.41, 5.74) is 2.78. The zero-order valence-corrected chi connectivity index (χ0v) is 13.3. The number of rotatable bonds is 8. The first-order chi connectivity index (χ1) is 10.3. The maximum Gasteiger partial charge on any atom is 0.127 e. The Morgan fingerprint density at radius 3 is 1.33 bits per heavy atom. The minimum atomic E-state index is 0.913. The van der Waals surface area contributed by atoms with Crippen molar-refractivity contribution in [3.05, 3.63) is 59.7 Å². The number of hydrogen-bond donors (Lipinski definition) is 0. The molecular weight excluding hydrogens is 256 g/mol. The minimum Gasteiger partial charge on any atom is -0.457 e. The summed E-state index contributed by atoms with van der Waals surface area (Å²) in [7, 11) is 0. The van der Waals surface area contributed by atoms with Crippen molar-refractivity contribution in [3.63, 3.8) is 0 Å². The summed E-state index contributed by atoms with van der Waals surface area (Å²) in [4.78, 5) is 0. The molecule has 0 heterocycles. The van der Waals surface area contributed by atoms with Gasteiger partial charge in [-0.15, -0.1) is 0 Å². The van der Waals surface area contributed by atoms with Crippen LogP contribution in [0.4, 0.5) is 0 Å². The van der Waals surface area contributed by atoms with Gasteiger partial charge in [0.2, 0.25) is 0 Å². The molecule has 0 radical (unpaired) electrons. The molecule has 0 saturated heterocycles. The highest BCUT2D eigenvalue weighted by Gasteiger charge is 1.99. The van der Waals surface area contributed by atoms with Gasteiger partial charge in [-0.3, -0.25) is 0 Å². The van der Waals surface area contributed by atoms with Crippen LogP contribution in [-0.4, -0.2) is 0 Å². The van der Waals surface area contributed by atoms with E-state index in [9.17, 15) is 0 Å². The quantitative estimate of drug-likeness (QED) is 0.563. The third kappa shape index (κ3) is 5.26. The Morgan fingerprint density at radius 2 is 1.00 bits per heavy atom. The van der Waals surface area contributed by atoms with E-state index in [4.69, 9.17) is 4.74 Å². The van der Waals surface area contributed by atoms with Crippen molar-refractivity contribution < 1.29 is 4.74 Å². The minimum absolute atomic E-state index is 0.913. The topological polar surface area (TPSA) is 9.23 Å². The molecule has 21 heavy (non-hydrogen) atoms. The Morgan fingerprint density at radius 1 is 0.619 bits per heavy atom. The predicted molar refractivity (Wildman–Crippen MR) is 90.2 cm³/mol. The SMILES string of the molecule is CCCCc1ccc(Oc2ccc(CCCC)cc2)cc1. The van der Waals surface area contributed by atoms with E-state index in [-0.39, 0.29) is 0 Å². The molecule has 2 rings (SSSR count). The Labute approximate surface area is 129 Å². The average Bonchev–Trinajstić information content (AvgIpc) is 2.53. The van der Waals surface area contributed by atoms with Crippen molar-refractivity contribution in [1.82, 2.24) is 0 Å². The van der Waals surface area contributed by atoms with Crippen LogP contribution < -0.4 is 4.74 Å². The Kier molecular flexibility index (Phi) is 6.33. The van der Waals surface area contributed by atoms with E-state index in [0.717, 1.165) is 24.3 Å². The summed E-state index contributed by atoms with van der Waals surface area (Å²) in [6, 6.07) is 16.9. The van der Waals surface area contributed by atoms with Gasteiger partial charge in [0.05, 0.1) is 0 Å². The van der Waals surface area contributed by atoms with E-state index in [2.05, 4.69) is 62.4 Å². The second-order valence-corrected chi connectivity index (χ2v) is 5.60. The fraction of sp³-hybridized carbons (Fsp3) is 0.400. The van der Waals surface area contributed by atoms with Gasteiger partial charge in [-0.05, 0) is 61.1 Å². The van der Waals surface area contributed by atoms with Crippen LogP contribution in [0.5, 0.6) is 11.5 Å². The maximum atomic E-state index is 5.90. The lowest BCUT2D eigenvalue weighted by Gasteiger charge is -2.08. The van der Waals surface area contributed by atoms with Gasteiger partial charge in [0.1, 0.15) is 11.5 Å². The molecule has 0 bridgehead atoms. The van der Waals surface area contributed by atoms with Crippen LogP contribution in [0.2, 0.25) is 0 Å². The fourth-order valence-corrected chi connectivity index (χ4v) is 2.35. The second kappa shape index (κ2) is 8.51. The largest absolute Gasteiger partial charge is 0.457 e. The predicted octanol–water partition coefficient (Wildman–Crippen LogP) is 6.16. The van der Waals surface area contributed by atoms with Crippen molar-refractivity contribution in [2.45, 2.75) is 52.4 Å². The highest BCUT2D eigenvalue weighted by Crippen LogP contribution is 2.23. The molecule has 0 spiro atoms. The lowest BCUT2D eigenvalue weighted by molar-refractivity contribution is 0.482. The molecule has 1 heteroatoms. The van der Waals surface area contributed by atoms with Crippen molar-refractivity contribution in [2.75, 3.05) is 0 Å². The van der Waals surface area contributed by atoms with E-state index in [1.165, 1.54) is 36.8 Å². The standard InChI is InChI=1S/C20H26O/c1-3-5-7-17-9-13-19(14-10-17)21-20-15-11-18(12-16-20)8-6-4-2/h9-16H,3-8H2,1-2H3. The maximum absolute atomic E-state index is 5.90. The van der Waals surface area contributed by atoms with Gasteiger partial charge in [0, 0.05) is 0 Å². The van der Waals surface area contributed by atoms with E-state index in [0.29, 0.717) is 0 Å². The first kappa shape index (κ1) is 15.6. The van der Waals surface area contributed by atoms with Crippen LogP contribution in [0.25, 0.3) is 0 Å². The smallest absolute Gasteiger partial charge is 0.127 e. The fourth-order valence-electron chi connectivity index (χ4n) is 2.35. The molecule has 0 amide bonds. The molecule has 2 aromatic rings. The Hall–Kier alpha value is -1.76. The molecule has 0 aliphatic heterocycles. The molecule has 0 aliphatic rings. The second-order valence-electron chi connectivity index (χ2n) is 5.60. The van der Waals surface area contributed by atoms with Crippen LogP contribution in [0.1, 0.15) is 50.7 Å². The van der Waals surface area contributed by atoms with Crippen LogP contribution >= 0.6 is 0 Å². The highest BCUT2D eigenvalue weighted by molar-refractivity contribution is 5.34. The van der Waals surface area contributed by atoms with Gasteiger partial charge in [-0.25, -0.2) is 0 Å². The van der Waals surface area contributed by atoms with Gasteiger partial charge in [0.25, 0.3) is 0 Å². The van der Waals surface area contributed by atoms with Crippen LogP contribution in [0, 0.1) is 0 Å². The average molecular weight is 282 g/mol. The normalized spacial score (nSPS) is 10.6. The van der Waals surface area contributed by atoms with Gasteiger partial charge in [-0.1, -0.05) is 51.0 Å². The summed E-state index contributed by atoms with van der Waals surface area (Å²) >= 11 is 0. The number of hydrogen-bond acceptors (Lipinski definition) is 1. The summed E-state index contributed by atoms with van der Waals surface area (Å²) in [6.07, 6.45) is 7.29. The zero-order valence-electron chi connectivity index (χ0n) is 13.3. The Balaban J connectivity index is 1.91. The van der Waals surface area contributed by atoms with Crippen molar-refractivity contribution in [1.29, 1.82) is 0 Å². The van der Waals surface area contributed by atoms with Gasteiger partial charge >= 0.3 is 0 Å². The molecular formula is C20H26O. The van der Waals surface area contributed by atoms with Crippen LogP contribution in [-0.2, 0) is 12.8 Å². The molecule has 0 aromatic heterocycles. The first-order valence-corrected chi connectivity index (χ1v) is 8.17. The number of aryl methyl sites for hydroxylation is 2. The number of unbranched alkanes of at least 4 members (excludes halogenated alkanes) is 2. The van der Waals surface area contributed by atoms with E-state index < -0.39 is 0 Å². The molecule has 0 atom stereocenters. The third-order valence-electron chi connectivity index (χ3n) is 3.72. The third-order valence-corrected chi connectivity index (χ3v) is 3.72. The number of ether oxygens (including phenoxy) is 1. The molecule has 0 N–H and O–H groups in total. The lowest BCUT2D eigenvalue weighted by atomic mass is 10.1. The summed E-state index contributed by atoms with van der Waals surface area (Å²) < 4.78 is 5.90. The van der Waals surface area contributed by atoms with Gasteiger partial charge in [0.15, 0.2) is 0 Å². The summed E-state index contributed by atoms with van der Waals surface area (Å²) in [6.45, 7) is 4.45. The Bertz CT molecular complexity index is 461. The molecule has 2 aromatic carbocycles. The summed E-state index contributed by atoms with van der Waals surface area (Å²) in [5, 5.41) is 0. The van der Waals surface area contributed by atoms with E-state index in [1.807, 2.05) is 0 Å². The molecule has 0 aliphatic carbocycles.